The van der Waals surface area contributed by atoms with Crippen LogP contribution in [0.1, 0.15) is 23.7 Å². The van der Waals surface area contributed by atoms with Crippen LogP contribution in [0.5, 0.6) is 0 Å². The maximum Gasteiger partial charge on any atom is 0.303 e. The molecule has 1 unspecified atom stereocenters. The number of rotatable bonds is 6. The minimum Gasteiger partial charge on any atom is -0.481 e. The molecule has 0 fully saturated rings. The van der Waals surface area contributed by atoms with Crippen molar-refractivity contribution in [2.45, 2.75) is 13.3 Å². The molecular formula is C15H17N3O3. The van der Waals surface area contributed by atoms with Crippen LogP contribution in [0.3, 0.4) is 0 Å². The number of aromatic nitrogens is 1. The maximum absolute atomic E-state index is 11.5. The second-order valence-electron chi connectivity index (χ2n) is 5.01. The van der Waals surface area contributed by atoms with Crippen LogP contribution in [0, 0.1) is 5.92 Å². The van der Waals surface area contributed by atoms with Gasteiger partial charge in [-0.25, -0.2) is 0 Å². The van der Waals surface area contributed by atoms with Crippen LogP contribution >= 0.6 is 0 Å². The molecule has 1 amide bonds. The number of carbonyl (C=O) groups excluding carboxylic acids is 1. The van der Waals surface area contributed by atoms with Crippen LogP contribution in [-0.2, 0) is 4.79 Å². The van der Waals surface area contributed by atoms with Crippen LogP contribution in [0.2, 0.25) is 0 Å². The first-order valence-corrected chi connectivity index (χ1v) is 6.62. The predicted molar refractivity (Wildman–Crippen MR) is 80.2 cm³/mol. The summed E-state index contributed by atoms with van der Waals surface area (Å²) in [6.45, 7) is 2.26. The third kappa shape index (κ3) is 3.47. The SMILES string of the molecule is CC(CNc1c(C(N)=O)cnc2ccccc12)CC(=O)O. The van der Waals surface area contributed by atoms with Gasteiger partial charge in [0.25, 0.3) is 5.91 Å². The van der Waals surface area contributed by atoms with Gasteiger partial charge < -0.3 is 16.2 Å². The van der Waals surface area contributed by atoms with Crippen molar-refractivity contribution >= 4 is 28.5 Å². The molecule has 2 rings (SSSR count). The number of carboxylic acids is 1. The molecule has 2 aromatic rings. The van der Waals surface area contributed by atoms with Crippen LogP contribution in [0.15, 0.2) is 30.5 Å². The third-order valence-electron chi connectivity index (χ3n) is 3.19. The predicted octanol–water partition coefficient (Wildman–Crippen LogP) is 1.86. The first-order chi connectivity index (χ1) is 9.99. The smallest absolute Gasteiger partial charge is 0.303 e. The summed E-state index contributed by atoms with van der Waals surface area (Å²) < 4.78 is 0. The molecule has 6 heteroatoms. The zero-order chi connectivity index (χ0) is 15.4. The summed E-state index contributed by atoms with van der Waals surface area (Å²) in [4.78, 5) is 26.4. The lowest BCUT2D eigenvalue weighted by Gasteiger charge is -2.15. The Kier molecular flexibility index (Phi) is 4.37. The van der Waals surface area contributed by atoms with Crippen molar-refractivity contribution in [3.05, 3.63) is 36.0 Å². The second kappa shape index (κ2) is 6.21. The molecule has 0 spiro atoms. The first-order valence-electron chi connectivity index (χ1n) is 6.62. The molecule has 0 bridgehead atoms. The highest BCUT2D eigenvalue weighted by Crippen LogP contribution is 2.26. The molecule has 110 valence electrons. The van der Waals surface area contributed by atoms with Crippen molar-refractivity contribution in [2.24, 2.45) is 11.7 Å². The van der Waals surface area contributed by atoms with Crippen LogP contribution < -0.4 is 11.1 Å². The number of carboxylic acid groups (broad SMARTS) is 1. The molecule has 1 aromatic carbocycles. The van der Waals surface area contributed by atoms with Gasteiger partial charge in [0.05, 0.1) is 16.8 Å². The van der Waals surface area contributed by atoms with E-state index in [1.165, 1.54) is 6.20 Å². The molecule has 0 aliphatic heterocycles. The Morgan fingerprint density at radius 1 is 1.38 bits per heavy atom. The van der Waals surface area contributed by atoms with Crippen molar-refractivity contribution in [3.63, 3.8) is 0 Å². The number of nitrogens with two attached hydrogens (primary N) is 1. The fraction of sp³-hybridized carbons (Fsp3) is 0.267. The number of nitrogens with one attached hydrogen (secondary N) is 1. The number of primary amides is 1. The maximum atomic E-state index is 11.5. The standard InChI is InChI=1S/C15H17N3O3/c1-9(6-13(19)20)7-18-14-10-4-2-3-5-12(10)17-8-11(14)15(16)21/h2-5,8-9H,6-7H2,1H3,(H2,16,21)(H,17,18)(H,19,20). The minimum atomic E-state index is -0.848. The molecule has 1 atom stereocenters. The van der Waals surface area contributed by atoms with Crippen molar-refractivity contribution < 1.29 is 14.7 Å². The zero-order valence-corrected chi connectivity index (χ0v) is 11.7. The lowest BCUT2D eigenvalue weighted by Crippen LogP contribution is -2.19. The molecule has 0 aliphatic carbocycles. The van der Waals surface area contributed by atoms with Crippen molar-refractivity contribution in [1.82, 2.24) is 4.98 Å². The number of para-hydroxylation sites is 1. The van der Waals surface area contributed by atoms with Gasteiger partial charge in [0.2, 0.25) is 0 Å². The monoisotopic (exact) mass is 287 g/mol. The van der Waals surface area contributed by atoms with Crippen LogP contribution in [0.4, 0.5) is 5.69 Å². The zero-order valence-electron chi connectivity index (χ0n) is 11.7. The molecule has 0 aliphatic rings. The summed E-state index contributed by atoms with van der Waals surface area (Å²) in [7, 11) is 0. The summed E-state index contributed by atoms with van der Waals surface area (Å²) in [5.74, 6) is -1.49. The lowest BCUT2D eigenvalue weighted by atomic mass is 10.1. The Labute approximate surface area is 122 Å². The Bertz CT molecular complexity index is 685. The van der Waals surface area contributed by atoms with Gasteiger partial charge in [-0.3, -0.25) is 14.6 Å². The largest absolute Gasteiger partial charge is 0.481 e. The number of pyridine rings is 1. The molecule has 6 nitrogen and oxygen atoms in total. The number of hydrogen-bond acceptors (Lipinski definition) is 4. The van der Waals surface area contributed by atoms with E-state index < -0.39 is 11.9 Å². The first kappa shape index (κ1) is 14.8. The lowest BCUT2D eigenvalue weighted by molar-refractivity contribution is -0.137. The van der Waals surface area contributed by atoms with E-state index in [9.17, 15) is 9.59 Å². The summed E-state index contributed by atoms with van der Waals surface area (Å²) in [5.41, 5.74) is 7.03. The number of anilines is 1. The van der Waals surface area contributed by atoms with E-state index in [4.69, 9.17) is 10.8 Å². The van der Waals surface area contributed by atoms with Gasteiger partial charge in [-0.05, 0) is 12.0 Å². The highest BCUT2D eigenvalue weighted by Gasteiger charge is 2.14. The quantitative estimate of drug-likeness (QED) is 0.752. The normalized spacial score (nSPS) is 12.0. The van der Waals surface area contributed by atoms with E-state index in [2.05, 4.69) is 10.3 Å². The molecular weight excluding hydrogens is 270 g/mol. The molecule has 1 heterocycles. The van der Waals surface area contributed by atoms with Crippen molar-refractivity contribution in [3.8, 4) is 0 Å². The van der Waals surface area contributed by atoms with E-state index in [0.29, 0.717) is 17.8 Å². The van der Waals surface area contributed by atoms with Gasteiger partial charge in [0, 0.05) is 24.5 Å². The topological polar surface area (TPSA) is 105 Å². The van der Waals surface area contributed by atoms with Gasteiger partial charge in [0.15, 0.2) is 0 Å². The summed E-state index contributed by atoms with van der Waals surface area (Å²) in [6.07, 6.45) is 1.50. The number of benzene rings is 1. The molecule has 0 radical (unpaired) electrons. The second-order valence-corrected chi connectivity index (χ2v) is 5.01. The van der Waals surface area contributed by atoms with Crippen molar-refractivity contribution in [2.75, 3.05) is 11.9 Å². The summed E-state index contributed by atoms with van der Waals surface area (Å²) >= 11 is 0. The van der Waals surface area contributed by atoms with E-state index in [0.717, 1.165) is 10.9 Å². The Hall–Kier alpha value is -2.63. The average Bonchev–Trinajstić information content (AvgIpc) is 2.43. The van der Waals surface area contributed by atoms with Gasteiger partial charge in [-0.1, -0.05) is 25.1 Å². The summed E-state index contributed by atoms with van der Waals surface area (Å²) in [6, 6.07) is 7.39. The van der Waals surface area contributed by atoms with E-state index >= 15 is 0 Å². The van der Waals surface area contributed by atoms with Gasteiger partial charge in [-0.15, -0.1) is 0 Å². The van der Waals surface area contributed by atoms with Crippen LogP contribution in [0.25, 0.3) is 10.9 Å². The van der Waals surface area contributed by atoms with Crippen molar-refractivity contribution in [1.29, 1.82) is 0 Å². The van der Waals surface area contributed by atoms with E-state index in [-0.39, 0.29) is 12.3 Å². The van der Waals surface area contributed by atoms with Gasteiger partial charge in [-0.2, -0.15) is 0 Å². The van der Waals surface area contributed by atoms with Gasteiger partial charge >= 0.3 is 5.97 Å². The van der Waals surface area contributed by atoms with E-state index in [1.807, 2.05) is 31.2 Å². The number of amides is 1. The summed E-state index contributed by atoms with van der Waals surface area (Å²) in [5, 5.41) is 12.7. The number of nitrogens with zero attached hydrogens (tertiary/aromatic N) is 1. The average molecular weight is 287 g/mol. The fourth-order valence-electron chi connectivity index (χ4n) is 2.17. The minimum absolute atomic E-state index is 0.0575. The number of fused-ring (bicyclic) bond motifs is 1. The van der Waals surface area contributed by atoms with Crippen LogP contribution in [-0.4, -0.2) is 28.5 Å². The Morgan fingerprint density at radius 2 is 2.10 bits per heavy atom. The van der Waals surface area contributed by atoms with Gasteiger partial charge in [0.1, 0.15) is 0 Å². The molecule has 21 heavy (non-hydrogen) atoms. The molecule has 1 aromatic heterocycles. The third-order valence-corrected chi connectivity index (χ3v) is 3.19. The molecule has 0 saturated carbocycles. The highest BCUT2D eigenvalue weighted by molar-refractivity contribution is 6.06. The molecule has 0 saturated heterocycles. The van der Waals surface area contributed by atoms with E-state index in [1.54, 1.807) is 0 Å². The number of aliphatic carboxylic acids is 1. The molecule has 4 N–H and O–H groups in total. The Morgan fingerprint density at radius 3 is 2.76 bits per heavy atom. The number of carbonyl (C=O) groups is 2. The Balaban J connectivity index is 2.33. The highest BCUT2D eigenvalue weighted by atomic mass is 16.4. The number of hydrogen-bond donors (Lipinski definition) is 3. The fourth-order valence-corrected chi connectivity index (χ4v) is 2.17.